The first-order valence-electron chi connectivity index (χ1n) is 11.9. The molecule has 190 valence electrons. The molecule has 8 heteroatoms. The van der Waals surface area contributed by atoms with Crippen LogP contribution in [-0.4, -0.2) is 34.5 Å². The fourth-order valence-corrected chi connectivity index (χ4v) is 4.20. The van der Waals surface area contributed by atoms with Crippen LogP contribution in [0.1, 0.15) is 15.9 Å². The predicted octanol–water partition coefficient (Wildman–Crippen LogP) is 5.23. The third-order valence-corrected chi connectivity index (χ3v) is 6.08. The van der Waals surface area contributed by atoms with E-state index in [1.165, 1.54) is 14.2 Å². The van der Waals surface area contributed by atoms with Crippen LogP contribution in [0.2, 0.25) is 0 Å². The Balaban J connectivity index is 1.36. The van der Waals surface area contributed by atoms with Crippen LogP contribution in [0.25, 0.3) is 22.2 Å². The van der Waals surface area contributed by atoms with Gasteiger partial charge in [0.25, 0.3) is 5.88 Å². The number of aryl methyl sites for hydroxylation is 1. The van der Waals surface area contributed by atoms with Crippen molar-refractivity contribution in [3.8, 4) is 34.3 Å². The van der Waals surface area contributed by atoms with Gasteiger partial charge in [-0.2, -0.15) is 0 Å². The Morgan fingerprint density at radius 2 is 1.68 bits per heavy atom. The van der Waals surface area contributed by atoms with E-state index in [9.17, 15) is 9.59 Å². The molecule has 0 fully saturated rings. The first-order valence-corrected chi connectivity index (χ1v) is 11.9. The van der Waals surface area contributed by atoms with Gasteiger partial charge in [0, 0.05) is 49.8 Å². The van der Waals surface area contributed by atoms with Gasteiger partial charge in [0.2, 0.25) is 0 Å². The minimum atomic E-state index is -0.275. The lowest BCUT2D eigenvalue weighted by molar-refractivity contribution is 0.0991. The van der Waals surface area contributed by atoms with Gasteiger partial charge in [0.15, 0.2) is 22.7 Å². The number of hydrogen-bond acceptors (Lipinski definition) is 7. The maximum Gasteiger partial charge on any atom is 0.257 e. The van der Waals surface area contributed by atoms with E-state index >= 15 is 0 Å². The monoisotopic (exact) mass is 507 g/mol. The van der Waals surface area contributed by atoms with Crippen molar-refractivity contribution < 1.29 is 19.0 Å². The number of Topliss-reactive ketones (excluding diaryl/α,β-unsaturated/α-hetero) is 1. The number of hydrogen-bond donors (Lipinski definition) is 0. The van der Waals surface area contributed by atoms with Gasteiger partial charge >= 0.3 is 0 Å². The zero-order valence-corrected chi connectivity index (χ0v) is 21.2. The molecule has 0 amide bonds. The van der Waals surface area contributed by atoms with Crippen LogP contribution < -0.4 is 19.6 Å². The summed E-state index contributed by atoms with van der Waals surface area (Å²) in [6, 6.07) is 19.9. The molecule has 0 radical (unpaired) electrons. The second-order valence-electron chi connectivity index (χ2n) is 8.67. The molecule has 0 aliphatic carbocycles. The quantitative estimate of drug-likeness (QED) is 0.266. The van der Waals surface area contributed by atoms with Gasteiger partial charge in [0.05, 0.1) is 25.3 Å². The highest BCUT2D eigenvalue weighted by Crippen LogP contribution is 2.34. The number of benzene rings is 2. The van der Waals surface area contributed by atoms with E-state index in [1.54, 1.807) is 66.6 Å². The summed E-state index contributed by atoms with van der Waals surface area (Å²) in [6.07, 6.45) is 5.04. The van der Waals surface area contributed by atoms with Crippen LogP contribution in [0.5, 0.6) is 23.1 Å². The number of methoxy groups -OCH3 is 2. The van der Waals surface area contributed by atoms with Crippen molar-refractivity contribution in [1.29, 1.82) is 0 Å². The predicted molar refractivity (Wildman–Crippen MR) is 144 cm³/mol. The molecule has 0 saturated heterocycles. The molecule has 0 N–H and O–H groups in total. The van der Waals surface area contributed by atoms with Gasteiger partial charge in [0.1, 0.15) is 11.3 Å². The molecule has 0 atom stereocenters. The van der Waals surface area contributed by atoms with Gasteiger partial charge in [-0.1, -0.05) is 42.5 Å². The minimum Gasteiger partial charge on any atom is -0.491 e. The Morgan fingerprint density at radius 3 is 2.39 bits per heavy atom. The van der Waals surface area contributed by atoms with Crippen molar-refractivity contribution in [2.75, 3.05) is 14.2 Å². The maximum absolute atomic E-state index is 13.1. The molecule has 5 aromatic rings. The number of carbonyl (C=O) groups is 1. The van der Waals surface area contributed by atoms with Gasteiger partial charge < -0.3 is 18.8 Å². The molecule has 0 aliphatic rings. The SMILES string of the molecule is COc1cc2nccc(Oc3ccc(CC(=O)c4cn(C)cc(-c5ccccc5)c4=O)cc3)c2nc1OC. The van der Waals surface area contributed by atoms with Crippen molar-refractivity contribution in [1.82, 2.24) is 14.5 Å². The molecule has 0 aliphatic heterocycles. The average molecular weight is 508 g/mol. The first-order chi connectivity index (χ1) is 18.5. The number of carbonyl (C=O) groups excluding carboxylic acids is 1. The largest absolute Gasteiger partial charge is 0.491 e. The number of pyridine rings is 3. The summed E-state index contributed by atoms with van der Waals surface area (Å²) in [5.41, 5.74) is 3.05. The van der Waals surface area contributed by atoms with Crippen molar-refractivity contribution in [3.63, 3.8) is 0 Å². The van der Waals surface area contributed by atoms with E-state index in [1.807, 2.05) is 30.3 Å². The van der Waals surface area contributed by atoms with Crippen molar-refractivity contribution in [3.05, 3.63) is 107 Å². The van der Waals surface area contributed by atoms with Crippen LogP contribution in [0.15, 0.2) is 90.1 Å². The topological polar surface area (TPSA) is 92.5 Å². The lowest BCUT2D eigenvalue weighted by Gasteiger charge is -2.11. The zero-order chi connectivity index (χ0) is 26.6. The van der Waals surface area contributed by atoms with E-state index in [0.29, 0.717) is 39.7 Å². The molecule has 2 aromatic carbocycles. The Labute approximate surface area is 219 Å². The summed E-state index contributed by atoms with van der Waals surface area (Å²) in [7, 11) is 4.86. The molecule has 8 nitrogen and oxygen atoms in total. The number of rotatable bonds is 8. The lowest BCUT2D eigenvalue weighted by atomic mass is 10.00. The first kappa shape index (κ1) is 24.7. The summed E-state index contributed by atoms with van der Waals surface area (Å²) >= 11 is 0. The smallest absolute Gasteiger partial charge is 0.257 e. The van der Waals surface area contributed by atoms with Crippen molar-refractivity contribution in [2.24, 2.45) is 7.05 Å². The van der Waals surface area contributed by atoms with E-state index in [-0.39, 0.29) is 23.2 Å². The van der Waals surface area contributed by atoms with Crippen LogP contribution in [-0.2, 0) is 13.5 Å². The van der Waals surface area contributed by atoms with Gasteiger partial charge in [-0.25, -0.2) is 4.98 Å². The molecule has 3 heterocycles. The number of aromatic nitrogens is 3. The Kier molecular flexibility index (Phi) is 6.86. The number of fused-ring (bicyclic) bond motifs is 1. The highest BCUT2D eigenvalue weighted by atomic mass is 16.5. The van der Waals surface area contributed by atoms with Gasteiger partial charge in [-0.3, -0.25) is 14.6 Å². The third kappa shape index (κ3) is 4.97. The highest BCUT2D eigenvalue weighted by Gasteiger charge is 2.17. The summed E-state index contributed by atoms with van der Waals surface area (Å²) in [5.74, 6) is 1.62. The number of nitrogens with zero attached hydrogens (tertiary/aromatic N) is 3. The normalized spacial score (nSPS) is 10.8. The molecule has 0 spiro atoms. The standard InChI is InChI=1S/C30H25N3O5/c1-33-17-22(20-7-5-4-6-8-20)29(35)23(18-33)25(34)15-19-9-11-21(12-10-19)38-26-13-14-31-24-16-27(36-2)30(37-3)32-28(24)26/h4-14,16-18H,15H2,1-3H3. The van der Waals surface area contributed by atoms with E-state index in [0.717, 1.165) is 11.1 Å². The van der Waals surface area contributed by atoms with E-state index in [4.69, 9.17) is 14.2 Å². The molecule has 5 rings (SSSR count). The Hall–Kier alpha value is -4.98. The summed E-state index contributed by atoms with van der Waals surface area (Å²) < 4.78 is 18.4. The average Bonchev–Trinajstić information content (AvgIpc) is 2.95. The Morgan fingerprint density at radius 1 is 0.921 bits per heavy atom. The fraction of sp³-hybridized carbons (Fsp3) is 0.133. The molecule has 0 unspecified atom stereocenters. The zero-order valence-electron chi connectivity index (χ0n) is 21.2. The summed E-state index contributed by atoms with van der Waals surface area (Å²) in [4.78, 5) is 35.1. The molecular formula is C30H25N3O5. The minimum absolute atomic E-state index is 0.0878. The van der Waals surface area contributed by atoms with Crippen LogP contribution in [0, 0.1) is 0 Å². The van der Waals surface area contributed by atoms with Crippen LogP contribution >= 0.6 is 0 Å². The van der Waals surface area contributed by atoms with Crippen LogP contribution in [0.3, 0.4) is 0 Å². The molecule has 38 heavy (non-hydrogen) atoms. The van der Waals surface area contributed by atoms with Crippen molar-refractivity contribution in [2.45, 2.75) is 6.42 Å². The molecule has 3 aromatic heterocycles. The van der Waals surface area contributed by atoms with Gasteiger partial charge in [-0.05, 0) is 23.3 Å². The number of ketones is 1. The lowest BCUT2D eigenvalue weighted by Crippen LogP contribution is -2.20. The molecule has 0 saturated carbocycles. The van der Waals surface area contributed by atoms with E-state index < -0.39 is 0 Å². The van der Waals surface area contributed by atoms with Gasteiger partial charge in [-0.15, -0.1) is 0 Å². The molecular weight excluding hydrogens is 482 g/mol. The van der Waals surface area contributed by atoms with E-state index in [2.05, 4.69) is 9.97 Å². The fourth-order valence-electron chi connectivity index (χ4n) is 4.20. The third-order valence-electron chi connectivity index (χ3n) is 6.08. The molecule has 0 bridgehead atoms. The second kappa shape index (κ2) is 10.6. The number of ether oxygens (including phenoxy) is 3. The highest BCUT2D eigenvalue weighted by molar-refractivity contribution is 5.98. The summed E-state index contributed by atoms with van der Waals surface area (Å²) in [5, 5.41) is 0. The second-order valence-corrected chi connectivity index (χ2v) is 8.67. The van der Waals surface area contributed by atoms with Crippen LogP contribution in [0.4, 0.5) is 0 Å². The Bertz CT molecular complexity index is 1680. The van der Waals surface area contributed by atoms with Crippen molar-refractivity contribution >= 4 is 16.8 Å². The maximum atomic E-state index is 13.1. The summed E-state index contributed by atoms with van der Waals surface area (Å²) in [6.45, 7) is 0.